The molecule has 0 unspecified atom stereocenters. The third-order valence-electron chi connectivity index (χ3n) is 4.40. The predicted molar refractivity (Wildman–Crippen MR) is 112 cm³/mol. The number of aryl methyl sites for hydroxylation is 1. The summed E-state index contributed by atoms with van der Waals surface area (Å²) in [7, 11) is 1.20. The number of amides is 2. The van der Waals surface area contributed by atoms with Gasteiger partial charge in [-0.3, -0.25) is 14.4 Å². The van der Waals surface area contributed by atoms with E-state index >= 15 is 0 Å². The van der Waals surface area contributed by atoms with Crippen LogP contribution >= 0.6 is 0 Å². The van der Waals surface area contributed by atoms with Crippen molar-refractivity contribution >= 4 is 28.6 Å². The van der Waals surface area contributed by atoms with Crippen molar-refractivity contribution in [1.82, 2.24) is 15.6 Å². The molecule has 1 heterocycles. The molecule has 0 atom stereocenters. The van der Waals surface area contributed by atoms with Gasteiger partial charge in [-0.2, -0.15) is 0 Å². The monoisotopic (exact) mass is 423 g/mol. The molecule has 0 fully saturated rings. The van der Waals surface area contributed by atoms with E-state index in [1.807, 2.05) is 30.3 Å². The van der Waals surface area contributed by atoms with Gasteiger partial charge in [-0.1, -0.05) is 18.2 Å². The number of benzene rings is 2. The minimum Gasteiger partial charge on any atom is -0.505 e. The minimum atomic E-state index is -0.722. The Morgan fingerprint density at radius 2 is 1.71 bits per heavy atom. The highest BCUT2D eigenvalue weighted by Crippen LogP contribution is 2.33. The largest absolute Gasteiger partial charge is 0.505 e. The molecule has 1 aromatic heterocycles. The second-order valence-electron chi connectivity index (χ2n) is 6.55. The molecule has 0 aliphatic carbocycles. The first kappa shape index (κ1) is 21.6. The van der Waals surface area contributed by atoms with Crippen LogP contribution in [0.2, 0.25) is 0 Å². The highest BCUT2D eigenvalue weighted by molar-refractivity contribution is 6.03. The molecule has 3 N–H and O–H groups in total. The average Bonchev–Trinajstić information content (AvgIpc) is 2.78. The molecule has 31 heavy (non-hydrogen) atoms. The van der Waals surface area contributed by atoms with E-state index in [1.54, 1.807) is 25.1 Å². The van der Waals surface area contributed by atoms with Crippen LogP contribution in [0.3, 0.4) is 0 Å². The number of carbonyl (C=O) groups is 3. The molecule has 160 valence electrons. The standard InChI is InChI=1S/C22H21N3O6/c1-13-17-10-15(31-14-6-4-3-5-7-14)8-9-16(17)21(28)20(25-13)22(29)24-11-18(26)23-12-19(27)30-2/h3-10,28H,11-12H2,1-2H3,(H,23,26)(H,24,29). The molecule has 0 saturated heterocycles. The van der Waals surface area contributed by atoms with E-state index in [9.17, 15) is 19.5 Å². The van der Waals surface area contributed by atoms with Gasteiger partial charge < -0.3 is 25.2 Å². The third-order valence-corrected chi connectivity index (χ3v) is 4.40. The smallest absolute Gasteiger partial charge is 0.325 e. The number of hydrogen-bond donors (Lipinski definition) is 3. The number of aromatic hydroxyl groups is 1. The second-order valence-corrected chi connectivity index (χ2v) is 6.55. The number of fused-ring (bicyclic) bond motifs is 1. The molecule has 9 nitrogen and oxygen atoms in total. The van der Waals surface area contributed by atoms with Gasteiger partial charge in [0.1, 0.15) is 18.0 Å². The Labute approximate surface area is 178 Å². The van der Waals surface area contributed by atoms with Crippen molar-refractivity contribution in [3.8, 4) is 17.2 Å². The quantitative estimate of drug-likeness (QED) is 0.497. The molecule has 0 aliphatic rings. The summed E-state index contributed by atoms with van der Waals surface area (Å²) in [6.07, 6.45) is 0. The van der Waals surface area contributed by atoms with Gasteiger partial charge in [0.2, 0.25) is 5.91 Å². The van der Waals surface area contributed by atoms with Gasteiger partial charge in [0.15, 0.2) is 11.4 Å². The molecule has 0 spiro atoms. The molecule has 9 heteroatoms. The van der Waals surface area contributed by atoms with Gasteiger partial charge in [0, 0.05) is 16.5 Å². The number of pyridine rings is 1. The number of nitrogens with zero attached hydrogens (tertiary/aromatic N) is 1. The maximum atomic E-state index is 12.4. The Morgan fingerprint density at radius 1 is 0.968 bits per heavy atom. The van der Waals surface area contributed by atoms with E-state index in [1.165, 1.54) is 7.11 Å². The van der Waals surface area contributed by atoms with E-state index in [-0.39, 0.29) is 18.0 Å². The first-order valence-electron chi connectivity index (χ1n) is 9.37. The van der Waals surface area contributed by atoms with Gasteiger partial charge in [-0.15, -0.1) is 0 Å². The summed E-state index contributed by atoms with van der Waals surface area (Å²) < 4.78 is 10.2. The van der Waals surface area contributed by atoms with E-state index < -0.39 is 24.3 Å². The number of aromatic nitrogens is 1. The van der Waals surface area contributed by atoms with Crippen LogP contribution in [-0.2, 0) is 14.3 Å². The first-order chi connectivity index (χ1) is 14.9. The summed E-state index contributed by atoms with van der Waals surface area (Å²) in [5, 5.41) is 16.3. The van der Waals surface area contributed by atoms with Crippen molar-refractivity contribution in [1.29, 1.82) is 0 Å². The van der Waals surface area contributed by atoms with Crippen LogP contribution in [0, 0.1) is 6.92 Å². The SMILES string of the molecule is COC(=O)CNC(=O)CNC(=O)c1nc(C)c2cc(Oc3ccccc3)ccc2c1O. The van der Waals surface area contributed by atoms with Gasteiger partial charge in [0.25, 0.3) is 5.91 Å². The van der Waals surface area contributed by atoms with Crippen LogP contribution in [0.4, 0.5) is 0 Å². The van der Waals surface area contributed by atoms with Crippen molar-refractivity contribution in [2.45, 2.75) is 6.92 Å². The van der Waals surface area contributed by atoms with Crippen LogP contribution in [0.1, 0.15) is 16.2 Å². The average molecular weight is 423 g/mol. The fourth-order valence-electron chi connectivity index (χ4n) is 2.83. The summed E-state index contributed by atoms with van der Waals surface area (Å²) in [6, 6.07) is 14.3. The molecule has 3 rings (SSSR count). The van der Waals surface area contributed by atoms with E-state index in [0.29, 0.717) is 28.0 Å². The van der Waals surface area contributed by atoms with Crippen molar-refractivity contribution in [3.63, 3.8) is 0 Å². The molecular formula is C22H21N3O6. The highest BCUT2D eigenvalue weighted by atomic mass is 16.5. The molecule has 0 saturated carbocycles. The summed E-state index contributed by atoms with van der Waals surface area (Å²) in [4.78, 5) is 39.4. The minimum absolute atomic E-state index is 0.206. The molecule has 2 amide bonds. The molecule has 0 radical (unpaired) electrons. The lowest BCUT2D eigenvalue weighted by Crippen LogP contribution is -2.39. The maximum Gasteiger partial charge on any atom is 0.325 e. The number of hydrogen-bond acceptors (Lipinski definition) is 7. The van der Waals surface area contributed by atoms with Crippen molar-refractivity contribution in [2.75, 3.05) is 20.2 Å². The Bertz CT molecular complexity index is 1130. The zero-order valence-electron chi connectivity index (χ0n) is 17.0. The van der Waals surface area contributed by atoms with Crippen molar-refractivity contribution < 1.29 is 29.0 Å². The van der Waals surface area contributed by atoms with Crippen molar-refractivity contribution in [3.05, 3.63) is 59.9 Å². The Balaban J connectivity index is 1.75. The number of para-hydroxylation sites is 1. The molecule has 3 aromatic rings. The zero-order chi connectivity index (χ0) is 22.4. The van der Waals surface area contributed by atoms with Gasteiger partial charge in [-0.25, -0.2) is 4.98 Å². The highest BCUT2D eigenvalue weighted by Gasteiger charge is 2.19. The predicted octanol–water partition coefficient (Wildman–Crippen LogP) is 2.06. The number of carbonyl (C=O) groups excluding carboxylic acids is 3. The maximum absolute atomic E-state index is 12.4. The molecular weight excluding hydrogens is 402 g/mol. The van der Waals surface area contributed by atoms with Crippen LogP contribution in [0.5, 0.6) is 17.2 Å². The van der Waals surface area contributed by atoms with Gasteiger partial charge >= 0.3 is 5.97 Å². The van der Waals surface area contributed by atoms with Crippen LogP contribution in [0.25, 0.3) is 10.8 Å². The fourth-order valence-corrected chi connectivity index (χ4v) is 2.83. The fraction of sp³-hybridized carbons (Fsp3) is 0.182. The van der Waals surface area contributed by atoms with Gasteiger partial charge in [-0.05, 0) is 37.3 Å². The summed E-state index contributed by atoms with van der Waals surface area (Å²) in [5.41, 5.74) is 0.300. The Morgan fingerprint density at radius 3 is 2.42 bits per heavy atom. The second kappa shape index (κ2) is 9.57. The lowest BCUT2D eigenvalue weighted by atomic mass is 10.1. The molecule has 0 aliphatic heterocycles. The third kappa shape index (κ3) is 5.27. The lowest BCUT2D eigenvalue weighted by Gasteiger charge is -2.12. The van der Waals surface area contributed by atoms with E-state index in [2.05, 4.69) is 20.4 Å². The zero-order valence-corrected chi connectivity index (χ0v) is 17.0. The lowest BCUT2D eigenvalue weighted by molar-refractivity contribution is -0.141. The number of methoxy groups -OCH3 is 1. The van der Waals surface area contributed by atoms with E-state index in [4.69, 9.17) is 4.74 Å². The van der Waals surface area contributed by atoms with Crippen LogP contribution in [0.15, 0.2) is 48.5 Å². The Kier molecular flexibility index (Phi) is 6.66. The van der Waals surface area contributed by atoms with E-state index in [0.717, 1.165) is 0 Å². The number of ether oxygens (including phenoxy) is 2. The number of esters is 1. The topological polar surface area (TPSA) is 127 Å². The summed E-state index contributed by atoms with van der Waals surface area (Å²) in [5.74, 6) is -1.00. The van der Waals surface area contributed by atoms with Gasteiger partial charge in [0.05, 0.1) is 13.7 Å². The molecule has 2 aromatic carbocycles. The summed E-state index contributed by atoms with van der Waals surface area (Å²) >= 11 is 0. The Hall–Kier alpha value is -4.14. The normalized spacial score (nSPS) is 10.4. The van der Waals surface area contributed by atoms with Crippen molar-refractivity contribution in [2.24, 2.45) is 0 Å². The first-order valence-corrected chi connectivity index (χ1v) is 9.37. The van der Waals surface area contributed by atoms with Crippen LogP contribution < -0.4 is 15.4 Å². The number of nitrogens with one attached hydrogen (secondary N) is 2. The van der Waals surface area contributed by atoms with Crippen LogP contribution in [-0.4, -0.2) is 48.1 Å². The number of rotatable bonds is 7. The molecule has 0 bridgehead atoms. The summed E-state index contributed by atoms with van der Waals surface area (Å²) in [6.45, 7) is 1.00.